The van der Waals surface area contributed by atoms with Crippen molar-refractivity contribution in [2.45, 2.75) is 0 Å². The summed E-state index contributed by atoms with van der Waals surface area (Å²) >= 11 is 0. The van der Waals surface area contributed by atoms with E-state index < -0.39 is 0 Å². The van der Waals surface area contributed by atoms with Crippen LogP contribution in [0.2, 0.25) is 0 Å². The summed E-state index contributed by atoms with van der Waals surface area (Å²) in [6.07, 6.45) is 1.11. The lowest BCUT2D eigenvalue weighted by molar-refractivity contribution is 0.607. The lowest BCUT2D eigenvalue weighted by atomic mass is 10.3. The molecule has 70 valence electrons. The summed E-state index contributed by atoms with van der Waals surface area (Å²) in [6.45, 7) is 0. The molecule has 1 aromatic heterocycles. The van der Waals surface area contributed by atoms with Crippen LogP contribution in [0.5, 0.6) is 0 Å². The van der Waals surface area contributed by atoms with E-state index in [-0.39, 0.29) is 6.01 Å². The summed E-state index contributed by atoms with van der Waals surface area (Å²) in [5.74, 6) is 4.83. The fourth-order valence-corrected chi connectivity index (χ4v) is 1.01. The summed E-state index contributed by atoms with van der Waals surface area (Å²) < 4.78 is 5.24. The molecule has 0 amide bonds. The lowest BCUT2D eigenvalue weighted by Crippen LogP contribution is -1.76. The molecule has 0 saturated carbocycles. The molecule has 0 aliphatic rings. The molecule has 14 heavy (non-hydrogen) atoms. The molecule has 0 saturated heterocycles. The number of hydrazone groups is 1. The van der Waals surface area contributed by atoms with Crippen LogP contribution in [0.3, 0.4) is 0 Å². The van der Waals surface area contributed by atoms with Gasteiger partial charge in [-0.2, -0.15) is 10.1 Å². The Bertz CT molecular complexity index is 454. The molecule has 1 aromatic carbocycles. The third-order valence-electron chi connectivity index (χ3n) is 1.54. The van der Waals surface area contributed by atoms with E-state index >= 15 is 0 Å². The second-order valence-electron chi connectivity index (χ2n) is 2.44. The number of benzene rings is 1. The number of para-hydroxylation sites is 2. The predicted molar refractivity (Wildman–Crippen MR) is 51.2 cm³/mol. The van der Waals surface area contributed by atoms with E-state index in [4.69, 9.17) is 10.3 Å². The highest BCUT2D eigenvalue weighted by molar-refractivity contribution is 5.73. The van der Waals surface area contributed by atoms with Gasteiger partial charge in [-0.15, -0.1) is 5.11 Å². The Morgan fingerprint density at radius 3 is 3.00 bits per heavy atom. The lowest BCUT2D eigenvalue weighted by Gasteiger charge is -1.79. The summed E-state index contributed by atoms with van der Waals surface area (Å²) in [6, 6.07) is 7.54. The van der Waals surface area contributed by atoms with Crippen molar-refractivity contribution in [3.8, 4) is 0 Å². The van der Waals surface area contributed by atoms with Crippen LogP contribution in [0.25, 0.3) is 11.1 Å². The number of hydrogen-bond acceptors (Lipinski definition) is 5. The van der Waals surface area contributed by atoms with Crippen LogP contribution in [0.1, 0.15) is 0 Å². The number of rotatable bonds is 2. The molecule has 0 fully saturated rings. The van der Waals surface area contributed by atoms with E-state index in [9.17, 15) is 0 Å². The van der Waals surface area contributed by atoms with Crippen molar-refractivity contribution >= 4 is 23.5 Å². The van der Waals surface area contributed by atoms with Crippen LogP contribution >= 0.6 is 0 Å². The van der Waals surface area contributed by atoms with Crippen LogP contribution in [-0.4, -0.2) is 11.3 Å². The van der Waals surface area contributed by atoms with E-state index in [2.05, 4.69) is 20.3 Å². The fourth-order valence-electron chi connectivity index (χ4n) is 1.01. The Morgan fingerprint density at radius 2 is 2.21 bits per heavy atom. The molecule has 6 nitrogen and oxygen atoms in total. The van der Waals surface area contributed by atoms with Gasteiger partial charge in [-0.1, -0.05) is 17.2 Å². The Balaban J connectivity index is 2.35. The average molecular weight is 189 g/mol. The molecular weight excluding hydrogens is 182 g/mol. The second kappa shape index (κ2) is 3.65. The van der Waals surface area contributed by atoms with Crippen LogP contribution in [0.15, 0.2) is 44.0 Å². The van der Waals surface area contributed by atoms with Gasteiger partial charge in [0, 0.05) is 0 Å². The first-order valence-electron chi connectivity index (χ1n) is 3.88. The molecule has 6 heteroatoms. The minimum Gasteiger partial charge on any atom is -0.421 e. The zero-order chi connectivity index (χ0) is 9.80. The molecule has 0 atom stereocenters. The van der Waals surface area contributed by atoms with Gasteiger partial charge < -0.3 is 10.3 Å². The predicted octanol–water partition coefficient (Wildman–Crippen LogP) is 1.81. The first-order valence-corrected chi connectivity index (χ1v) is 3.88. The minimum atomic E-state index is 0.186. The van der Waals surface area contributed by atoms with Gasteiger partial charge in [0.15, 0.2) is 11.9 Å². The minimum absolute atomic E-state index is 0.186. The molecule has 0 bridgehead atoms. The van der Waals surface area contributed by atoms with Gasteiger partial charge in [-0.25, -0.2) is 0 Å². The average Bonchev–Trinajstić information content (AvgIpc) is 2.60. The van der Waals surface area contributed by atoms with E-state index in [1.54, 1.807) is 6.07 Å². The topological polar surface area (TPSA) is 89.1 Å². The van der Waals surface area contributed by atoms with E-state index in [0.29, 0.717) is 5.58 Å². The molecule has 2 aromatic rings. The molecule has 0 aliphatic heterocycles. The van der Waals surface area contributed by atoms with Gasteiger partial charge in [0.2, 0.25) is 0 Å². The molecule has 1 heterocycles. The smallest absolute Gasteiger partial charge is 0.342 e. The highest BCUT2D eigenvalue weighted by atomic mass is 16.4. The Hall–Kier alpha value is -2.24. The van der Waals surface area contributed by atoms with Crippen molar-refractivity contribution in [2.24, 2.45) is 21.2 Å². The van der Waals surface area contributed by atoms with Crippen molar-refractivity contribution in [1.29, 1.82) is 0 Å². The van der Waals surface area contributed by atoms with E-state index in [1.807, 2.05) is 18.2 Å². The molecule has 0 spiro atoms. The maximum Gasteiger partial charge on any atom is 0.342 e. The van der Waals surface area contributed by atoms with Gasteiger partial charge >= 0.3 is 6.01 Å². The van der Waals surface area contributed by atoms with E-state index in [1.165, 1.54) is 0 Å². The molecule has 0 unspecified atom stereocenters. The standard InChI is InChI=1S/C8H7N5O/c9-10-5-11-13-8-12-6-3-1-2-4-7(6)14-8/h1-5H,9H2. The third kappa shape index (κ3) is 1.58. The van der Waals surface area contributed by atoms with E-state index in [0.717, 1.165) is 11.9 Å². The van der Waals surface area contributed by atoms with Gasteiger partial charge in [0.05, 0.1) is 0 Å². The third-order valence-corrected chi connectivity index (χ3v) is 1.54. The molecule has 0 radical (unpaired) electrons. The summed E-state index contributed by atoms with van der Waals surface area (Å²) in [5.41, 5.74) is 1.41. The maximum absolute atomic E-state index is 5.24. The molecule has 0 aliphatic carbocycles. The number of fused-ring (bicyclic) bond motifs is 1. The number of hydrogen-bond donors (Lipinski definition) is 1. The first-order chi connectivity index (χ1) is 6.90. The van der Waals surface area contributed by atoms with Crippen LogP contribution in [-0.2, 0) is 0 Å². The van der Waals surface area contributed by atoms with Crippen molar-refractivity contribution in [1.82, 2.24) is 4.98 Å². The normalized spacial score (nSPS) is 12.0. The summed E-state index contributed by atoms with van der Waals surface area (Å²) in [4.78, 5) is 4.05. The van der Waals surface area contributed by atoms with Crippen molar-refractivity contribution in [3.63, 3.8) is 0 Å². The van der Waals surface area contributed by atoms with Crippen LogP contribution in [0, 0.1) is 0 Å². The number of nitrogens with two attached hydrogens (primary N) is 1. The second-order valence-corrected chi connectivity index (χ2v) is 2.44. The maximum atomic E-state index is 5.24. The highest BCUT2D eigenvalue weighted by Crippen LogP contribution is 2.19. The number of nitrogens with zero attached hydrogens (tertiary/aromatic N) is 4. The van der Waals surface area contributed by atoms with Crippen molar-refractivity contribution in [3.05, 3.63) is 24.3 Å². The fraction of sp³-hybridized carbons (Fsp3) is 0. The Morgan fingerprint density at radius 1 is 1.36 bits per heavy atom. The summed E-state index contributed by atoms with van der Waals surface area (Å²) in [5, 5.41) is 10.3. The van der Waals surface area contributed by atoms with Crippen molar-refractivity contribution in [2.75, 3.05) is 0 Å². The van der Waals surface area contributed by atoms with Crippen molar-refractivity contribution < 1.29 is 4.42 Å². The van der Waals surface area contributed by atoms with Gasteiger partial charge in [0.25, 0.3) is 0 Å². The number of aromatic nitrogens is 1. The van der Waals surface area contributed by atoms with Gasteiger partial charge in [0.1, 0.15) is 5.52 Å². The zero-order valence-electron chi connectivity index (χ0n) is 7.16. The Kier molecular flexibility index (Phi) is 2.18. The number of azo groups is 1. The number of oxazole rings is 1. The monoisotopic (exact) mass is 189 g/mol. The van der Waals surface area contributed by atoms with Gasteiger partial charge in [-0.05, 0) is 12.1 Å². The molecule has 2 rings (SSSR count). The molecule has 2 N–H and O–H groups in total. The van der Waals surface area contributed by atoms with Crippen LogP contribution in [0.4, 0.5) is 6.01 Å². The SMILES string of the molecule is NN=CN=Nc1nc2ccccc2o1. The van der Waals surface area contributed by atoms with Gasteiger partial charge in [-0.3, -0.25) is 0 Å². The zero-order valence-corrected chi connectivity index (χ0v) is 7.16. The first kappa shape index (κ1) is 8.36. The summed E-state index contributed by atoms with van der Waals surface area (Å²) in [7, 11) is 0. The molecular formula is C8H7N5O. The Labute approximate surface area is 79.1 Å². The largest absolute Gasteiger partial charge is 0.421 e. The van der Waals surface area contributed by atoms with Crippen LogP contribution < -0.4 is 5.84 Å². The quantitative estimate of drug-likeness (QED) is 0.257. The highest BCUT2D eigenvalue weighted by Gasteiger charge is 2.01.